The lowest BCUT2D eigenvalue weighted by Gasteiger charge is -2.24. The number of aromatic carboxylic acids is 1. The Hall–Kier alpha value is -2.11. The molecule has 1 aromatic rings. The molecule has 0 heterocycles. The van der Waals surface area contributed by atoms with E-state index in [9.17, 15) is 14.0 Å². The quantitative estimate of drug-likeness (QED) is 0.876. The number of carboxylic acid groups (broad SMARTS) is 1. The maximum Gasteiger partial charge on any atom is 0.335 e. The monoisotopic (exact) mass is 294 g/mol. The van der Waals surface area contributed by atoms with Crippen LogP contribution in [0.2, 0.25) is 0 Å². The molecule has 21 heavy (non-hydrogen) atoms. The third-order valence-electron chi connectivity index (χ3n) is 3.27. The third kappa shape index (κ3) is 3.93. The van der Waals surface area contributed by atoms with Crippen molar-refractivity contribution < 1.29 is 19.1 Å². The number of benzene rings is 1. The predicted octanol–water partition coefficient (Wildman–Crippen LogP) is 3.18. The Labute approximate surface area is 122 Å². The van der Waals surface area contributed by atoms with Gasteiger partial charge in [0.05, 0.1) is 11.3 Å². The molecule has 0 aromatic heterocycles. The smallest absolute Gasteiger partial charge is 0.335 e. The Morgan fingerprint density at radius 2 is 2.10 bits per heavy atom. The summed E-state index contributed by atoms with van der Waals surface area (Å²) in [5.74, 6) is -1.49. The molecular weight excluding hydrogens is 275 g/mol. The minimum absolute atomic E-state index is 0.0615. The minimum atomic E-state index is -1.16. The van der Waals surface area contributed by atoms with Crippen molar-refractivity contribution in [1.82, 2.24) is 4.90 Å². The number of hydrogen-bond acceptors (Lipinski definition) is 2. The van der Waals surface area contributed by atoms with Gasteiger partial charge in [0.15, 0.2) is 0 Å². The van der Waals surface area contributed by atoms with Gasteiger partial charge in [-0.1, -0.05) is 13.8 Å². The largest absolute Gasteiger partial charge is 0.478 e. The van der Waals surface area contributed by atoms with Gasteiger partial charge in [0.2, 0.25) is 0 Å². The van der Waals surface area contributed by atoms with Gasteiger partial charge < -0.3 is 15.3 Å². The molecule has 2 rings (SSSR count). The summed E-state index contributed by atoms with van der Waals surface area (Å²) >= 11 is 0. The van der Waals surface area contributed by atoms with E-state index in [4.69, 9.17) is 5.11 Å². The fourth-order valence-electron chi connectivity index (χ4n) is 2.12. The number of nitrogens with one attached hydrogen (secondary N) is 1. The van der Waals surface area contributed by atoms with E-state index >= 15 is 0 Å². The van der Waals surface area contributed by atoms with Crippen molar-refractivity contribution in [3.8, 4) is 0 Å². The van der Waals surface area contributed by atoms with Gasteiger partial charge in [-0.3, -0.25) is 0 Å². The Bertz CT molecular complexity index is 556. The van der Waals surface area contributed by atoms with E-state index in [1.807, 2.05) is 13.8 Å². The number of urea groups is 1. The van der Waals surface area contributed by atoms with E-state index in [-0.39, 0.29) is 23.3 Å². The van der Waals surface area contributed by atoms with Crippen molar-refractivity contribution in [2.75, 3.05) is 11.9 Å². The molecule has 1 fully saturated rings. The lowest BCUT2D eigenvalue weighted by atomic mass is 10.2. The molecule has 0 unspecified atom stereocenters. The minimum Gasteiger partial charge on any atom is -0.478 e. The molecule has 2 amide bonds. The third-order valence-corrected chi connectivity index (χ3v) is 3.27. The molecule has 0 bridgehead atoms. The summed E-state index contributed by atoms with van der Waals surface area (Å²) in [4.78, 5) is 24.9. The number of carbonyl (C=O) groups is 2. The second-order valence-electron chi connectivity index (χ2n) is 5.71. The van der Waals surface area contributed by atoms with Crippen LogP contribution in [0, 0.1) is 11.7 Å². The fourth-order valence-corrected chi connectivity index (χ4v) is 2.12. The number of halogens is 1. The van der Waals surface area contributed by atoms with E-state index in [0.717, 1.165) is 25.0 Å². The second-order valence-corrected chi connectivity index (χ2v) is 5.71. The zero-order chi connectivity index (χ0) is 15.6. The van der Waals surface area contributed by atoms with Crippen LogP contribution in [0.15, 0.2) is 18.2 Å². The van der Waals surface area contributed by atoms with Gasteiger partial charge in [0.25, 0.3) is 0 Å². The highest BCUT2D eigenvalue weighted by molar-refractivity contribution is 5.93. The summed E-state index contributed by atoms with van der Waals surface area (Å²) in [6.45, 7) is 4.61. The van der Waals surface area contributed by atoms with E-state index in [1.165, 1.54) is 6.07 Å². The van der Waals surface area contributed by atoms with Crippen molar-refractivity contribution in [3.05, 3.63) is 29.6 Å². The van der Waals surface area contributed by atoms with Gasteiger partial charge in [-0.2, -0.15) is 0 Å². The molecule has 2 N–H and O–H groups in total. The van der Waals surface area contributed by atoms with Crippen molar-refractivity contribution in [2.45, 2.75) is 32.7 Å². The Balaban J connectivity index is 2.14. The zero-order valence-corrected chi connectivity index (χ0v) is 12.1. The highest BCUT2D eigenvalue weighted by Gasteiger charge is 2.33. The molecule has 6 heteroatoms. The molecule has 114 valence electrons. The summed E-state index contributed by atoms with van der Waals surface area (Å²) in [6, 6.07) is 3.17. The van der Waals surface area contributed by atoms with Gasteiger partial charge >= 0.3 is 12.0 Å². The first kappa shape index (κ1) is 15.3. The van der Waals surface area contributed by atoms with Gasteiger partial charge in [0.1, 0.15) is 5.82 Å². The molecule has 1 saturated carbocycles. The van der Waals surface area contributed by atoms with Gasteiger partial charge in [-0.15, -0.1) is 0 Å². The molecule has 0 saturated heterocycles. The maximum absolute atomic E-state index is 13.7. The average molecular weight is 294 g/mol. The van der Waals surface area contributed by atoms with Crippen LogP contribution in [0.25, 0.3) is 0 Å². The van der Waals surface area contributed by atoms with Crippen LogP contribution in [-0.2, 0) is 0 Å². The lowest BCUT2D eigenvalue weighted by Crippen LogP contribution is -2.39. The standard InChI is InChI=1S/C15H19FN2O3/c1-9(2)8-18(11-4-5-11)15(21)17-13-7-10(14(19)20)3-6-12(13)16/h3,6-7,9,11H,4-5,8H2,1-2H3,(H,17,21)(H,19,20). The summed E-state index contributed by atoms with van der Waals surface area (Å²) in [7, 11) is 0. The molecule has 0 spiro atoms. The van der Waals surface area contributed by atoms with Crippen LogP contribution < -0.4 is 5.32 Å². The van der Waals surface area contributed by atoms with E-state index in [0.29, 0.717) is 12.5 Å². The summed E-state index contributed by atoms with van der Waals surface area (Å²) in [5.41, 5.74) is -0.164. The molecule has 0 radical (unpaired) electrons. The molecule has 0 aliphatic heterocycles. The van der Waals surface area contributed by atoms with Crippen LogP contribution in [-0.4, -0.2) is 34.6 Å². The molecular formula is C15H19FN2O3. The molecule has 0 atom stereocenters. The Morgan fingerprint density at radius 1 is 1.43 bits per heavy atom. The van der Waals surface area contributed by atoms with Crippen LogP contribution in [0.5, 0.6) is 0 Å². The number of amides is 2. The number of carboxylic acids is 1. The summed E-state index contributed by atoms with van der Waals surface area (Å²) in [5, 5.41) is 11.4. The number of carbonyl (C=O) groups excluding carboxylic acids is 1. The van der Waals surface area contributed by atoms with Gasteiger partial charge in [-0.05, 0) is 37.0 Å². The molecule has 1 aliphatic carbocycles. The van der Waals surface area contributed by atoms with Crippen LogP contribution in [0.1, 0.15) is 37.0 Å². The maximum atomic E-state index is 13.7. The van der Waals surface area contributed by atoms with Crippen molar-refractivity contribution in [1.29, 1.82) is 0 Å². The Kier molecular flexibility index (Phi) is 4.45. The second kappa shape index (κ2) is 6.11. The van der Waals surface area contributed by atoms with Crippen LogP contribution in [0.4, 0.5) is 14.9 Å². The van der Waals surface area contributed by atoms with Crippen molar-refractivity contribution in [2.24, 2.45) is 5.92 Å². The number of rotatable bonds is 5. The highest BCUT2D eigenvalue weighted by atomic mass is 19.1. The topological polar surface area (TPSA) is 69.6 Å². The SMILES string of the molecule is CC(C)CN(C(=O)Nc1cc(C(=O)O)ccc1F)C1CC1. The molecule has 5 nitrogen and oxygen atoms in total. The first-order valence-electron chi connectivity index (χ1n) is 6.99. The van der Waals surface area contributed by atoms with E-state index < -0.39 is 11.8 Å². The summed E-state index contributed by atoms with van der Waals surface area (Å²) < 4.78 is 13.7. The van der Waals surface area contributed by atoms with E-state index in [1.54, 1.807) is 4.90 Å². The normalized spacial score (nSPS) is 14.1. The lowest BCUT2D eigenvalue weighted by molar-refractivity contribution is 0.0697. The first-order valence-corrected chi connectivity index (χ1v) is 6.99. The summed E-state index contributed by atoms with van der Waals surface area (Å²) in [6.07, 6.45) is 1.91. The number of nitrogens with zero attached hydrogens (tertiary/aromatic N) is 1. The highest BCUT2D eigenvalue weighted by Crippen LogP contribution is 2.28. The number of hydrogen-bond donors (Lipinski definition) is 2. The fraction of sp³-hybridized carbons (Fsp3) is 0.467. The van der Waals surface area contributed by atoms with Gasteiger partial charge in [0, 0.05) is 12.6 Å². The Morgan fingerprint density at radius 3 is 2.62 bits per heavy atom. The molecule has 1 aliphatic rings. The molecule has 1 aromatic carbocycles. The van der Waals surface area contributed by atoms with Crippen molar-refractivity contribution >= 4 is 17.7 Å². The van der Waals surface area contributed by atoms with Crippen molar-refractivity contribution in [3.63, 3.8) is 0 Å². The number of anilines is 1. The zero-order valence-electron chi connectivity index (χ0n) is 12.1. The van der Waals surface area contributed by atoms with Crippen LogP contribution in [0.3, 0.4) is 0 Å². The van der Waals surface area contributed by atoms with Gasteiger partial charge in [-0.25, -0.2) is 14.0 Å². The van der Waals surface area contributed by atoms with Crippen LogP contribution >= 0.6 is 0 Å². The average Bonchev–Trinajstić information content (AvgIpc) is 3.22. The predicted molar refractivity (Wildman–Crippen MR) is 76.9 cm³/mol. The van der Waals surface area contributed by atoms with E-state index in [2.05, 4.69) is 5.32 Å². The first-order chi connectivity index (χ1) is 9.88.